The molecule has 0 aliphatic heterocycles. The molecule has 0 spiro atoms. The van der Waals surface area contributed by atoms with Gasteiger partial charge in [0.05, 0.1) is 5.71 Å². The van der Waals surface area contributed by atoms with E-state index in [-0.39, 0.29) is 12.5 Å². The molecule has 104 valence electrons. The minimum absolute atomic E-state index is 0.0262. The number of amides is 1. The maximum Gasteiger partial charge on any atom is 0.260 e. The number of rotatable bonds is 6. The highest BCUT2D eigenvalue weighted by atomic mass is 16.5. The van der Waals surface area contributed by atoms with E-state index in [0.717, 1.165) is 5.56 Å². The van der Waals surface area contributed by atoms with Gasteiger partial charge in [0.2, 0.25) is 0 Å². The van der Waals surface area contributed by atoms with Crippen molar-refractivity contribution in [2.75, 3.05) is 20.2 Å². The van der Waals surface area contributed by atoms with Crippen LogP contribution in [0.3, 0.4) is 0 Å². The van der Waals surface area contributed by atoms with Crippen LogP contribution in [0, 0.1) is 0 Å². The van der Waals surface area contributed by atoms with Crippen molar-refractivity contribution in [3.05, 3.63) is 29.8 Å². The van der Waals surface area contributed by atoms with Gasteiger partial charge in [-0.15, -0.1) is 0 Å². The molecule has 1 aromatic rings. The zero-order valence-corrected chi connectivity index (χ0v) is 11.6. The van der Waals surface area contributed by atoms with Crippen molar-refractivity contribution in [2.45, 2.75) is 20.3 Å². The zero-order valence-electron chi connectivity index (χ0n) is 11.6. The van der Waals surface area contributed by atoms with Gasteiger partial charge >= 0.3 is 0 Å². The Morgan fingerprint density at radius 1 is 1.32 bits per heavy atom. The van der Waals surface area contributed by atoms with E-state index in [4.69, 9.17) is 9.94 Å². The van der Waals surface area contributed by atoms with Crippen LogP contribution in [0.1, 0.15) is 25.8 Å². The average Bonchev–Trinajstić information content (AvgIpc) is 2.46. The van der Waals surface area contributed by atoms with E-state index in [2.05, 4.69) is 5.16 Å². The summed E-state index contributed by atoms with van der Waals surface area (Å²) in [4.78, 5) is 13.2. The molecular weight excluding hydrogens is 244 g/mol. The molecule has 5 heteroatoms. The Bertz CT molecular complexity index is 441. The summed E-state index contributed by atoms with van der Waals surface area (Å²) >= 11 is 0. The molecular formula is C14H20N2O3. The summed E-state index contributed by atoms with van der Waals surface area (Å²) in [7, 11) is 1.74. The third kappa shape index (κ3) is 4.28. The average molecular weight is 264 g/mol. The minimum Gasteiger partial charge on any atom is -0.484 e. The van der Waals surface area contributed by atoms with Crippen LogP contribution in [0.25, 0.3) is 0 Å². The number of nitrogens with zero attached hydrogens (tertiary/aromatic N) is 2. The van der Waals surface area contributed by atoms with Crippen LogP contribution >= 0.6 is 0 Å². The fraction of sp³-hybridized carbons (Fsp3) is 0.429. The van der Waals surface area contributed by atoms with E-state index in [1.807, 2.05) is 26.0 Å². The standard InChI is InChI=1S/C14H20N2O3/c1-4-13(15-18)11-6-8-12(9-7-11)19-10-14(17)16(3)5-2/h6-9,18H,4-5,10H2,1-3H3/b15-13+. The van der Waals surface area contributed by atoms with E-state index < -0.39 is 0 Å². The van der Waals surface area contributed by atoms with E-state index in [9.17, 15) is 4.79 Å². The van der Waals surface area contributed by atoms with Crippen LogP contribution in [0.5, 0.6) is 5.75 Å². The summed E-state index contributed by atoms with van der Waals surface area (Å²) in [6.45, 7) is 4.51. The summed E-state index contributed by atoms with van der Waals surface area (Å²) in [5.74, 6) is 0.563. The first-order valence-electron chi connectivity index (χ1n) is 6.30. The lowest BCUT2D eigenvalue weighted by molar-refractivity contribution is -0.131. The highest BCUT2D eigenvalue weighted by Gasteiger charge is 2.07. The second-order valence-corrected chi connectivity index (χ2v) is 4.12. The predicted octanol–water partition coefficient (Wildman–Crippen LogP) is 2.13. The number of likely N-dealkylation sites (N-methyl/N-ethyl adjacent to an activating group) is 1. The van der Waals surface area contributed by atoms with Crippen LogP contribution in [0.4, 0.5) is 0 Å². The van der Waals surface area contributed by atoms with Crippen molar-refractivity contribution in [3.8, 4) is 5.75 Å². The third-order valence-electron chi connectivity index (χ3n) is 2.91. The molecule has 0 saturated heterocycles. The number of oxime groups is 1. The van der Waals surface area contributed by atoms with Crippen molar-refractivity contribution < 1.29 is 14.7 Å². The number of carbonyl (C=O) groups is 1. The Hall–Kier alpha value is -2.04. The first-order chi connectivity index (χ1) is 9.12. The lowest BCUT2D eigenvalue weighted by atomic mass is 10.1. The molecule has 1 rings (SSSR count). The first kappa shape index (κ1) is 15.0. The lowest BCUT2D eigenvalue weighted by Gasteiger charge is -2.14. The summed E-state index contributed by atoms with van der Waals surface area (Å²) in [6.07, 6.45) is 0.649. The Labute approximate surface area is 113 Å². The summed E-state index contributed by atoms with van der Waals surface area (Å²) < 4.78 is 5.40. The van der Waals surface area contributed by atoms with Crippen LogP contribution in [-0.4, -0.2) is 41.9 Å². The summed E-state index contributed by atoms with van der Waals surface area (Å²) in [5.41, 5.74) is 1.46. The van der Waals surface area contributed by atoms with E-state index in [1.54, 1.807) is 24.1 Å². The van der Waals surface area contributed by atoms with Gasteiger partial charge in [-0.25, -0.2) is 0 Å². The molecule has 0 aliphatic rings. The van der Waals surface area contributed by atoms with Gasteiger partial charge < -0.3 is 14.8 Å². The quantitative estimate of drug-likeness (QED) is 0.486. The second-order valence-electron chi connectivity index (χ2n) is 4.12. The molecule has 0 radical (unpaired) electrons. The summed E-state index contributed by atoms with van der Waals surface area (Å²) in [5, 5.41) is 12.0. The predicted molar refractivity (Wildman–Crippen MR) is 73.9 cm³/mol. The van der Waals surface area contributed by atoms with Crippen LogP contribution in [0.2, 0.25) is 0 Å². The molecule has 0 unspecified atom stereocenters. The Balaban J connectivity index is 2.60. The molecule has 1 aromatic carbocycles. The SMILES string of the molecule is CC/C(=N\O)c1ccc(OCC(=O)N(C)CC)cc1. The van der Waals surface area contributed by atoms with Gasteiger partial charge in [0.15, 0.2) is 6.61 Å². The molecule has 19 heavy (non-hydrogen) atoms. The number of ether oxygens (including phenoxy) is 1. The van der Waals surface area contributed by atoms with Gasteiger partial charge in [-0.1, -0.05) is 12.1 Å². The van der Waals surface area contributed by atoms with Crippen molar-refractivity contribution in [2.24, 2.45) is 5.16 Å². The largest absolute Gasteiger partial charge is 0.484 e. The highest BCUT2D eigenvalue weighted by molar-refractivity contribution is 6.00. The van der Waals surface area contributed by atoms with Gasteiger partial charge in [0, 0.05) is 13.6 Å². The number of benzene rings is 1. The van der Waals surface area contributed by atoms with Crippen LogP contribution in [0.15, 0.2) is 29.4 Å². The van der Waals surface area contributed by atoms with Crippen molar-refractivity contribution in [1.82, 2.24) is 4.90 Å². The van der Waals surface area contributed by atoms with Crippen molar-refractivity contribution in [1.29, 1.82) is 0 Å². The number of carbonyl (C=O) groups excluding carboxylic acids is 1. The van der Waals surface area contributed by atoms with Gasteiger partial charge in [0.25, 0.3) is 5.91 Å². The minimum atomic E-state index is -0.0576. The molecule has 0 saturated carbocycles. The molecule has 0 aliphatic carbocycles. The molecule has 0 aromatic heterocycles. The number of hydrogen-bond acceptors (Lipinski definition) is 4. The molecule has 0 bridgehead atoms. The maximum absolute atomic E-state index is 11.6. The van der Waals surface area contributed by atoms with Crippen LogP contribution in [-0.2, 0) is 4.79 Å². The van der Waals surface area contributed by atoms with E-state index in [0.29, 0.717) is 24.4 Å². The topological polar surface area (TPSA) is 62.1 Å². The van der Waals surface area contributed by atoms with E-state index >= 15 is 0 Å². The van der Waals surface area contributed by atoms with Gasteiger partial charge in [0.1, 0.15) is 5.75 Å². The highest BCUT2D eigenvalue weighted by Crippen LogP contribution is 2.14. The number of hydrogen-bond donors (Lipinski definition) is 1. The first-order valence-corrected chi connectivity index (χ1v) is 6.30. The molecule has 0 heterocycles. The van der Waals surface area contributed by atoms with Gasteiger partial charge in [-0.2, -0.15) is 0 Å². The van der Waals surface area contributed by atoms with Gasteiger partial charge in [-0.3, -0.25) is 4.79 Å². The van der Waals surface area contributed by atoms with Crippen molar-refractivity contribution in [3.63, 3.8) is 0 Å². The fourth-order valence-electron chi connectivity index (χ4n) is 1.51. The monoisotopic (exact) mass is 264 g/mol. The smallest absolute Gasteiger partial charge is 0.260 e. The van der Waals surface area contributed by atoms with Crippen LogP contribution < -0.4 is 4.74 Å². The Kier molecular flexibility index (Phi) is 5.85. The molecule has 1 amide bonds. The maximum atomic E-state index is 11.6. The molecule has 0 fully saturated rings. The Morgan fingerprint density at radius 3 is 2.42 bits per heavy atom. The fourth-order valence-corrected chi connectivity index (χ4v) is 1.51. The molecule has 0 atom stereocenters. The lowest BCUT2D eigenvalue weighted by Crippen LogP contribution is -2.31. The van der Waals surface area contributed by atoms with E-state index in [1.165, 1.54) is 0 Å². The normalized spacial score (nSPS) is 11.2. The molecule has 1 N–H and O–H groups in total. The second kappa shape index (κ2) is 7.41. The van der Waals surface area contributed by atoms with Crippen molar-refractivity contribution >= 4 is 11.6 Å². The summed E-state index contributed by atoms with van der Waals surface area (Å²) in [6, 6.07) is 7.13. The Morgan fingerprint density at radius 2 is 1.95 bits per heavy atom. The third-order valence-corrected chi connectivity index (χ3v) is 2.91. The van der Waals surface area contributed by atoms with Gasteiger partial charge in [-0.05, 0) is 43.2 Å². The zero-order chi connectivity index (χ0) is 14.3. The molecule has 5 nitrogen and oxygen atoms in total.